The first kappa shape index (κ1) is 26.8. The van der Waals surface area contributed by atoms with Crippen LogP contribution < -0.4 is 0 Å². The highest BCUT2D eigenvalue weighted by Gasteiger charge is 2.22. The molecule has 0 aliphatic heterocycles. The van der Waals surface area contributed by atoms with Crippen molar-refractivity contribution in [2.75, 3.05) is 0 Å². The fraction of sp³-hybridized carbons (Fsp3) is 0. The molecule has 4 aromatic heterocycles. The van der Waals surface area contributed by atoms with Gasteiger partial charge in [-0.2, -0.15) is 0 Å². The van der Waals surface area contributed by atoms with E-state index in [0.717, 1.165) is 28.1 Å². The van der Waals surface area contributed by atoms with Gasteiger partial charge in [0.1, 0.15) is 0 Å². The Morgan fingerprint density at radius 1 is 0.408 bits per heavy atom. The van der Waals surface area contributed by atoms with Crippen LogP contribution in [-0.2, 0) is 0 Å². The Balaban J connectivity index is 1.26. The van der Waals surface area contributed by atoms with Crippen molar-refractivity contribution in [1.82, 2.24) is 14.1 Å². The van der Waals surface area contributed by atoms with Crippen molar-refractivity contribution in [3.63, 3.8) is 0 Å². The minimum atomic E-state index is 1.01. The maximum absolute atomic E-state index is 5.44. The lowest BCUT2D eigenvalue weighted by Crippen LogP contribution is -1.99. The third kappa shape index (κ3) is 3.75. The third-order valence-electron chi connectivity index (χ3n) is 10.1. The van der Waals surface area contributed by atoms with Crippen molar-refractivity contribution >= 4 is 86.0 Å². The second kappa shape index (κ2) is 10.1. The quantitative estimate of drug-likeness (QED) is 0.188. The number of benzene rings is 7. The average Bonchev–Trinajstić information content (AvgIpc) is 3.83. The lowest BCUT2D eigenvalue weighted by atomic mass is 10.0. The molecule has 0 bridgehead atoms. The molecular weight excluding hydrogens is 615 g/mol. The van der Waals surface area contributed by atoms with E-state index in [4.69, 9.17) is 4.98 Å². The Hall–Kier alpha value is -6.23. The molecule has 0 N–H and O–H groups in total. The summed E-state index contributed by atoms with van der Waals surface area (Å²) in [6, 6.07) is 59.3. The highest BCUT2D eigenvalue weighted by molar-refractivity contribution is 7.26. The summed E-state index contributed by atoms with van der Waals surface area (Å²) in [5.74, 6) is 0. The van der Waals surface area contributed by atoms with Crippen LogP contribution in [0.25, 0.3) is 97.3 Å². The number of para-hydroxylation sites is 3. The second-order valence-electron chi connectivity index (χ2n) is 12.7. The lowest BCUT2D eigenvalue weighted by Gasteiger charge is -2.14. The number of thiophene rings is 1. The van der Waals surface area contributed by atoms with E-state index < -0.39 is 0 Å². The van der Waals surface area contributed by atoms with Crippen molar-refractivity contribution in [2.24, 2.45) is 0 Å². The number of fused-ring (bicyclic) bond motifs is 12. The molecule has 4 heterocycles. The molecule has 11 aromatic rings. The predicted octanol–water partition coefficient (Wildman–Crippen LogP) is 12.5. The summed E-state index contributed by atoms with van der Waals surface area (Å²) >= 11 is 1.83. The van der Waals surface area contributed by atoms with Gasteiger partial charge in [0.05, 0.1) is 38.0 Å². The smallest absolute Gasteiger partial charge is 0.0902 e. The van der Waals surface area contributed by atoms with Gasteiger partial charge in [-0.1, -0.05) is 121 Å². The maximum atomic E-state index is 5.44. The zero-order chi connectivity index (χ0) is 32.1. The first-order chi connectivity index (χ1) is 24.3. The van der Waals surface area contributed by atoms with Gasteiger partial charge >= 0.3 is 0 Å². The van der Waals surface area contributed by atoms with Gasteiger partial charge in [0, 0.05) is 59.3 Å². The van der Waals surface area contributed by atoms with E-state index in [2.05, 4.69) is 173 Å². The molecule has 0 saturated heterocycles. The van der Waals surface area contributed by atoms with E-state index in [0.29, 0.717) is 0 Å². The second-order valence-corrected chi connectivity index (χ2v) is 13.8. The molecule has 3 nitrogen and oxygen atoms in total. The first-order valence-electron chi connectivity index (χ1n) is 16.6. The molecule has 0 aliphatic carbocycles. The van der Waals surface area contributed by atoms with Crippen LogP contribution in [0, 0.1) is 0 Å². The molecule has 0 saturated carbocycles. The Bertz CT molecular complexity index is 3110. The zero-order valence-corrected chi connectivity index (χ0v) is 27.2. The monoisotopic (exact) mass is 641 g/mol. The molecule has 0 radical (unpaired) electrons. The standard InChI is InChI=1S/C45H27N3S/c1-2-14-29(15-3-1)47-38-22-9-6-17-31(38)34-25-26-35-32-18-7-10-23-39(32)48(44(35)43(34)47)30-16-12-13-28(27-30)41-33-19-4-5-20-36(33)45-42(46-41)37-21-8-11-24-40(37)49-45/h1-27H. The fourth-order valence-electron chi connectivity index (χ4n) is 8.01. The normalized spacial score (nSPS) is 12.1. The van der Waals surface area contributed by atoms with Gasteiger partial charge in [-0.3, -0.25) is 0 Å². The van der Waals surface area contributed by atoms with Gasteiger partial charge in [0.25, 0.3) is 0 Å². The van der Waals surface area contributed by atoms with Crippen LogP contribution in [0.4, 0.5) is 0 Å². The minimum absolute atomic E-state index is 1.01. The van der Waals surface area contributed by atoms with Crippen LogP contribution in [0.1, 0.15) is 0 Å². The summed E-state index contributed by atoms with van der Waals surface area (Å²) in [6.45, 7) is 0. The lowest BCUT2D eigenvalue weighted by molar-refractivity contribution is 1.15. The van der Waals surface area contributed by atoms with Gasteiger partial charge in [-0.05, 0) is 42.5 Å². The van der Waals surface area contributed by atoms with Gasteiger partial charge in [-0.25, -0.2) is 4.98 Å². The topological polar surface area (TPSA) is 22.8 Å². The van der Waals surface area contributed by atoms with Crippen molar-refractivity contribution in [1.29, 1.82) is 0 Å². The Morgan fingerprint density at radius 2 is 0.959 bits per heavy atom. The highest BCUT2D eigenvalue weighted by atomic mass is 32.1. The molecule has 0 fully saturated rings. The summed E-state index contributed by atoms with van der Waals surface area (Å²) in [7, 11) is 0. The van der Waals surface area contributed by atoms with Crippen LogP contribution >= 0.6 is 11.3 Å². The summed E-state index contributed by atoms with van der Waals surface area (Å²) in [5.41, 5.74) is 10.3. The summed E-state index contributed by atoms with van der Waals surface area (Å²) < 4.78 is 7.42. The number of rotatable bonds is 3. The van der Waals surface area contributed by atoms with Gasteiger partial charge in [0.15, 0.2) is 0 Å². The zero-order valence-electron chi connectivity index (χ0n) is 26.3. The van der Waals surface area contributed by atoms with Gasteiger partial charge in [-0.15, -0.1) is 11.3 Å². The van der Waals surface area contributed by atoms with Crippen LogP contribution in [0.2, 0.25) is 0 Å². The molecule has 0 atom stereocenters. The molecule has 11 rings (SSSR count). The number of aromatic nitrogens is 3. The Labute approximate surface area is 285 Å². The summed E-state index contributed by atoms with van der Waals surface area (Å²) in [4.78, 5) is 5.44. The van der Waals surface area contributed by atoms with E-state index in [1.807, 2.05) is 11.3 Å². The summed E-state index contributed by atoms with van der Waals surface area (Å²) in [5, 5.41) is 8.61. The van der Waals surface area contributed by atoms with Crippen LogP contribution in [0.5, 0.6) is 0 Å². The van der Waals surface area contributed by atoms with E-state index in [-0.39, 0.29) is 0 Å². The van der Waals surface area contributed by atoms with E-state index >= 15 is 0 Å². The van der Waals surface area contributed by atoms with Crippen LogP contribution in [-0.4, -0.2) is 14.1 Å². The SMILES string of the molecule is c1ccc(-n2c3ccccc3c3ccc4c5ccccc5n(-c5cccc(-c6nc7c8ccccc8sc7c7ccccc67)c5)c4c32)cc1. The molecule has 0 unspecified atom stereocenters. The van der Waals surface area contributed by atoms with Gasteiger partial charge < -0.3 is 9.13 Å². The maximum Gasteiger partial charge on any atom is 0.0902 e. The largest absolute Gasteiger partial charge is 0.307 e. The van der Waals surface area contributed by atoms with Crippen molar-refractivity contribution < 1.29 is 0 Å². The molecule has 0 aliphatic rings. The molecular formula is C45H27N3S. The van der Waals surface area contributed by atoms with E-state index in [1.54, 1.807) is 0 Å². The predicted molar refractivity (Wildman–Crippen MR) is 209 cm³/mol. The van der Waals surface area contributed by atoms with Crippen LogP contribution in [0.3, 0.4) is 0 Å². The highest BCUT2D eigenvalue weighted by Crippen LogP contribution is 2.43. The molecule has 4 heteroatoms. The fourth-order valence-corrected chi connectivity index (χ4v) is 9.19. The first-order valence-corrected chi connectivity index (χ1v) is 17.5. The van der Waals surface area contributed by atoms with Crippen molar-refractivity contribution in [3.05, 3.63) is 164 Å². The Morgan fingerprint density at radius 3 is 1.67 bits per heavy atom. The number of hydrogen-bond donors (Lipinski definition) is 0. The summed E-state index contributed by atoms with van der Waals surface area (Å²) in [6.07, 6.45) is 0. The minimum Gasteiger partial charge on any atom is -0.307 e. The molecule has 7 aromatic carbocycles. The molecule has 0 spiro atoms. The van der Waals surface area contributed by atoms with E-state index in [9.17, 15) is 0 Å². The van der Waals surface area contributed by atoms with Crippen LogP contribution in [0.15, 0.2) is 164 Å². The third-order valence-corrected chi connectivity index (χ3v) is 11.3. The Kier molecular flexibility index (Phi) is 5.54. The average molecular weight is 642 g/mol. The molecule has 49 heavy (non-hydrogen) atoms. The van der Waals surface area contributed by atoms with Gasteiger partial charge in [0.2, 0.25) is 0 Å². The number of nitrogens with zero attached hydrogens (tertiary/aromatic N) is 3. The van der Waals surface area contributed by atoms with Crippen molar-refractivity contribution in [3.8, 4) is 22.6 Å². The number of hydrogen-bond acceptors (Lipinski definition) is 2. The molecule has 228 valence electrons. The van der Waals surface area contributed by atoms with E-state index in [1.165, 1.54) is 69.2 Å². The molecule has 0 amide bonds. The van der Waals surface area contributed by atoms with Crippen molar-refractivity contribution in [2.45, 2.75) is 0 Å². The number of pyridine rings is 1.